The molecule has 1 rings (SSSR count). The second-order valence-corrected chi connectivity index (χ2v) is 4.46. The van der Waals surface area contributed by atoms with E-state index in [0.717, 1.165) is 17.2 Å². The summed E-state index contributed by atoms with van der Waals surface area (Å²) in [6.07, 6.45) is 4.28. The molecule has 0 spiro atoms. The van der Waals surface area contributed by atoms with E-state index in [1.165, 1.54) is 6.08 Å². The standard InChI is InChI=1S/C17H18N2O4/c1-3-16(20)19-12-23-15-7-5-14(13(2)11-15)6-8-17(21)22-10-4-9-18/h3,5-8,11H,1,4,10,12H2,2H3,(H,19,20)/b8-6+. The molecule has 120 valence electrons. The summed E-state index contributed by atoms with van der Waals surface area (Å²) in [5.41, 5.74) is 1.74. The van der Waals surface area contributed by atoms with Gasteiger partial charge in [0.25, 0.3) is 0 Å². The van der Waals surface area contributed by atoms with Crippen LogP contribution in [0, 0.1) is 18.3 Å². The Balaban J connectivity index is 2.55. The molecule has 0 heterocycles. The van der Waals surface area contributed by atoms with Gasteiger partial charge in [0, 0.05) is 6.08 Å². The van der Waals surface area contributed by atoms with Crippen LogP contribution in [0.3, 0.4) is 0 Å². The maximum Gasteiger partial charge on any atom is 0.330 e. The van der Waals surface area contributed by atoms with Crippen molar-refractivity contribution in [1.29, 1.82) is 5.26 Å². The fourth-order valence-corrected chi connectivity index (χ4v) is 1.59. The van der Waals surface area contributed by atoms with Crippen LogP contribution in [0.5, 0.6) is 5.75 Å². The van der Waals surface area contributed by atoms with Crippen LogP contribution in [-0.2, 0) is 14.3 Å². The first-order chi connectivity index (χ1) is 11.1. The Morgan fingerprint density at radius 3 is 2.87 bits per heavy atom. The Kier molecular flexibility index (Phi) is 7.65. The highest BCUT2D eigenvalue weighted by atomic mass is 16.5. The Morgan fingerprint density at radius 2 is 2.22 bits per heavy atom. The maximum atomic E-state index is 11.4. The molecule has 0 saturated heterocycles. The third-order valence-electron chi connectivity index (χ3n) is 2.77. The average Bonchev–Trinajstić information content (AvgIpc) is 2.54. The van der Waals surface area contributed by atoms with E-state index in [9.17, 15) is 9.59 Å². The van der Waals surface area contributed by atoms with E-state index in [2.05, 4.69) is 11.9 Å². The second-order valence-electron chi connectivity index (χ2n) is 4.46. The summed E-state index contributed by atoms with van der Waals surface area (Å²) in [7, 11) is 0. The molecule has 0 radical (unpaired) electrons. The zero-order chi connectivity index (χ0) is 17.1. The molecule has 6 nitrogen and oxygen atoms in total. The zero-order valence-corrected chi connectivity index (χ0v) is 12.9. The zero-order valence-electron chi connectivity index (χ0n) is 12.9. The monoisotopic (exact) mass is 314 g/mol. The number of nitriles is 1. The largest absolute Gasteiger partial charge is 0.473 e. The van der Waals surface area contributed by atoms with Gasteiger partial charge in [-0.25, -0.2) is 4.79 Å². The van der Waals surface area contributed by atoms with Gasteiger partial charge in [0.05, 0.1) is 12.5 Å². The fourth-order valence-electron chi connectivity index (χ4n) is 1.59. The highest BCUT2D eigenvalue weighted by molar-refractivity contribution is 5.87. The van der Waals surface area contributed by atoms with Gasteiger partial charge in [0.15, 0.2) is 6.73 Å². The number of carbonyl (C=O) groups is 2. The van der Waals surface area contributed by atoms with Crippen LogP contribution in [0.25, 0.3) is 6.08 Å². The predicted octanol–water partition coefficient (Wildman–Crippen LogP) is 2.10. The lowest BCUT2D eigenvalue weighted by molar-refractivity contribution is -0.137. The van der Waals surface area contributed by atoms with Gasteiger partial charge in [0.2, 0.25) is 5.91 Å². The normalized spacial score (nSPS) is 9.91. The Labute approximate surface area is 135 Å². The van der Waals surface area contributed by atoms with Crippen LogP contribution in [0.1, 0.15) is 17.5 Å². The number of rotatable bonds is 8. The fraction of sp³-hybridized carbons (Fsp3) is 0.235. The summed E-state index contributed by atoms with van der Waals surface area (Å²) in [6.45, 7) is 5.34. The van der Waals surface area contributed by atoms with Crippen LogP contribution in [0.2, 0.25) is 0 Å². The van der Waals surface area contributed by atoms with Gasteiger partial charge >= 0.3 is 5.97 Å². The molecule has 1 N–H and O–H groups in total. The Morgan fingerprint density at radius 1 is 1.43 bits per heavy atom. The van der Waals surface area contributed by atoms with Crippen molar-refractivity contribution < 1.29 is 19.1 Å². The number of carbonyl (C=O) groups excluding carboxylic acids is 2. The quantitative estimate of drug-likeness (QED) is 0.343. The molecule has 0 aliphatic rings. The van der Waals surface area contributed by atoms with Gasteiger partial charge in [-0.15, -0.1) is 0 Å². The predicted molar refractivity (Wildman–Crippen MR) is 85.2 cm³/mol. The van der Waals surface area contributed by atoms with Crippen LogP contribution in [0.4, 0.5) is 0 Å². The van der Waals surface area contributed by atoms with Gasteiger partial charge in [-0.05, 0) is 42.3 Å². The van der Waals surface area contributed by atoms with E-state index in [0.29, 0.717) is 5.75 Å². The Hall–Kier alpha value is -3.07. The molecule has 0 fully saturated rings. The molecule has 0 atom stereocenters. The topological polar surface area (TPSA) is 88.4 Å². The molecule has 0 aliphatic heterocycles. The second kappa shape index (κ2) is 9.79. The molecule has 1 amide bonds. The highest BCUT2D eigenvalue weighted by Gasteiger charge is 2.01. The number of ether oxygens (including phenoxy) is 2. The summed E-state index contributed by atoms with van der Waals surface area (Å²) in [4.78, 5) is 22.4. The molecular formula is C17H18N2O4. The van der Waals surface area contributed by atoms with Crippen molar-refractivity contribution in [2.75, 3.05) is 13.3 Å². The highest BCUT2D eigenvalue weighted by Crippen LogP contribution is 2.18. The summed E-state index contributed by atoms with van der Waals surface area (Å²) >= 11 is 0. The molecule has 1 aromatic carbocycles. The summed E-state index contributed by atoms with van der Waals surface area (Å²) in [5, 5.41) is 10.9. The Bertz CT molecular complexity index is 644. The third kappa shape index (κ3) is 6.96. The smallest absolute Gasteiger partial charge is 0.330 e. The molecule has 1 aromatic rings. The van der Waals surface area contributed by atoms with Gasteiger partial charge in [-0.2, -0.15) is 5.26 Å². The molecule has 6 heteroatoms. The summed E-state index contributed by atoms with van der Waals surface area (Å²) in [5.74, 6) is -0.205. The van der Waals surface area contributed by atoms with E-state index < -0.39 is 5.97 Å². The molecule has 23 heavy (non-hydrogen) atoms. The lowest BCUT2D eigenvalue weighted by atomic mass is 10.1. The number of amides is 1. The van der Waals surface area contributed by atoms with E-state index in [4.69, 9.17) is 14.7 Å². The van der Waals surface area contributed by atoms with Crippen LogP contribution >= 0.6 is 0 Å². The van der Waals surface area contributed by atoms with Gasteiger partial charge in [-0.1, -0.05) is 12.6 Å². The first-order valence-electron chi connectivity index (χ1n) is 6.92. The molecule has 0 bridgehead atoms. The number of nitrogens with one attached hydrogen (secondary N) is 1. The molecule has 0 aromatic heterocycles. The van der Waals surface area contributed by atoms with Crippen molar-refractivity contribution in [2.24, 2.45) is 0 Å². The SMILES string of the molecule is C=CC(=O)NCOc1ccc(/C=C/C(=O)OCCC#N)c(C)c1. The number of hydrogen-bond acceptors (Lipinski definition) is 5. The number of aryl methyl sites for hydroxylation is 1. The van der Waals surface area contributed by atoms with Crippen LogP contribution in [0.15, 0.2) is 36.9 Å². The van der Waals surface area contributed by atoms with Gasteiger partial charge in [0.1, 0.15) is 12.4 Å². The van der Waals surface area contributed by atoms with Crippen molar-refractivity contribution in [1.82, 2.24) is 5.32 Å². The number of nitrogens with zero attached hydrogens (tertiary/aromatic N) is 1. The first-order valence-corrected chi connectivity index (χ1v) is 6.92. The lowest BCUT2D eigenvalue weighted by Gasteiger charge is -2.08. The number of hydrogen-bond donors (Lipinski definition) is 1. The van der Waals surface area contributed by atoms with Gasteiger partial charge < -0.3 is 14.8 Å². The molecule has 0 saturated carbocycles. The van der Waals surface area contributed by atoms with E-state index in [1.807, 2.05) is 13.0 Å². The minimum Gasteiger partial charge on any atom is -0.473 e. The maximum absolute atomic E-state index is 11.4. The van der Waals surface area contributed by atoms with Crippen LogP contribution < -0.4 is 10.1 Å². The minimum atomic E-state index is -0.493. The van der Waals surface area contributed by atoms with E-state index in [-0.39, 0.29) is 25.7 Å². The third-order valence-corrected chi connectivity index (χ3v) is 2.77. The number of benzene rings is 1. The van der Waals surface area contributed by atoms with E-state index >= 15 is 0 Å². The van der Waals surface area contributed by atoms with E-state index in [1.54, 1.807) is 24.3 Å². The first kappa shape index (κ1) is 18.0. The molecule has 0 unspecified atom stereocenters. The van der Waals surface area contributed by atoms with Crippen LogP contribution in [-0.4, -0.2) is 25.2 Å². The minimum absolute atomic E-state index is 0.0463. The number of esters is 1. The lowest BCUT2D eigenvalue weighted by Crippen LogP contribution is -2.25. The average molecular weight is 314 g/mol. The summed E-state index contributed by atoms with van der Waals surface area (Å²) in [6, 6.07) is 7.21. The summed E-state index contributed by atoms with van der Waals surface area (Å²) < 4.78 is 10.2. The van der Waals surface area contributed by atoms with Crippen molar-refractivity contribution >= 4 is 18.0 Å². The van der Waals surface area contributed by atoms with Gasteiger partial charge in [-0.3, -0.25) is 4.79 Å². The van der Waals surface area contributed by atoms with Crippen molar-refractivity contribution in [2.45, 2.75) is 13.3 Å². The van der Waals surface area contributed by atoms with Crippen molar-refractivity contribution in [3.63, 3.8) is 0 Å². The molecular weight excluding hydrogens is 296 g/mol. The molecule has 0 aliphatic carbocycles. The van der Waals surface area contributed by atoms with Crippen molar-refractivity contribution in [3.8, 4) is 11.8 Å². The van der Waals surface area contributed by atoms with Crippen molar-refractivity contribution in [3.05, 3.63) is 48.1 Å².